The van der Waals surface area contributed by atoms with Crippen LogP contribution in [0, 0.1) is 0 Å². The molecule has 0 saturated carbocycles. The van der Waals surface area contributed by atoms with E-state index < -0.39 is 0 Å². The van der Waals surface area contributed by atoms with Crippen molar-refractivity contribution in [3.05, 3.63) is 60.7 Å². The molecule has 0 nitrogen and oxygen atoms in total. The fraction of sp³-hybridized carbons (Fsp3) is 0.143. The van der Waals surface area contributed by atoms with Crippen molar-refractivity contribution in [1.82, 2.24) is 0 Å². The van der Waals surface area contributed by atoms with E-state index in [9.17, 15) is 0 Å². The van der Waals surface area contributed by atoms with E-state index in [0.29, 0.717) is 44.0 Å². The van der Waals surface area contributed by atoms with Gasteiger partial charge in [0.2, 0.25) is 0 Å². The Morgan fingerprint density at radius 1 is 1.06 bits per heavy atom. The van der Waals surface area contributed by atoms with Gasteiger partial charge in [-0.25, -0.2) is 0 Å². The summed E-state index contributed by atoms with van der Waals surface area (Å²) in [6, 6.07) is 9.10. The van der Waals surface area contributed by atoms with E-state index in [1.54, 1.807) is 13.3 Å². The quantitative estimate of drug-likeness (QED) is 0.660. The third kappa shape index (κ3) is 2.71. The Balaban J connectivity index is 1.92. The van der Waals surface area contributed by atoms with Crippen LogP contribution in [0.2, 0.25) is 0 Å². The summed E-state index contributed by atoms with van der Waals surface area (Å²) >= 11 is 1.79. The third-order valence-electron chi connectivity index (χ3n) is 2.61. The van der Waals surface area contributed by atoms with Crippen LogP contribution in [-0.4, -0.2) is 44.0 Å². The van der Waals surface area contributed by atoms with E-state index in [2.05, 4.69) is 53.2 Å². The van der Waals surface area contributed by atoms with Crippen LogP contribution < -0.4 is 0 Å². The zero-order valence-electron chi connectivity index (χ0n) is 9.42. The molecule has 1 aliphatic rings. The molecule has 0 fully saturated rings. The molecule has 0 aliphatic carbocycles. The maximum atomic E-state index is 2.47. The van der Waals surface area contributed by atoms with Gasteiger partial charge < -0.3 is 0 Å². The van der Waals surface area contributed by atoms with Crippen molar-refractivity contribution < 1.29 is 0 Å². The third-order valence-corrected chi connectivity index (χ3v) is 10.5. The van der Waals surface area contributed by atoms with E-state index in [1.165, 1.54) is 5.57 Å². The van der Waals surface area contributed by atoms with E-state index in [0.717, 1.165) is 4.82 Å². The van der Waals surface area contributed by atoms with Crippen molar-refractivity contribution in [1.29, 1.82) is 0 Å². The fourth-order valence-electron chi connectivity index (χ4n) is 1.84. The van der Waals surface area contributed by atoms with Crippen LogP contribution in [0.5, 0.6) is 0 Å². The topological polar surface area (TPSA) is 0 Å². The fourth-order valence-corrected chi connectivity index (χ4v) is 9.26. The molecule has 1 aliphatic heterocycles. The van der Waals surface area contributed by atoms with Crippen LogP contribution in [-0.2, 0) is 0 Å². The van der Waals surface area contributed by atoms with Gasteiger partial charge in [-0.05, 0) is 0 Å². The number of allylic oxidation sites excluding steroid dienone is 3. The van der Waals surface area contributed by atoms with Gasteiger partial charge >= 0.3 is 121 Å². The van der Waals surface area contributed by atoms with Gasteiger partial charge in [0.15, 0.2) is 0 Å². The zero-order chi connectivity index (χ0) is 11.7. The van der Waals surface area contributed by atoms with Crippen LogP contribution >= 0.6 is 0 Å². The van der Waals surface area contributed by atoms with E-state index >= 15 is 0 Å². The zero-order valence-corrected chi connectivity index (χ0v) is 14.6. The van der Waals surface area contributed by atoms with E-state index in [1.807, 2.05) is 0 Å². The molecule has 2 aromatic rings. The molecule has 1 unspecified atom stereocenters. The van der Waals surface area contributed by atoms with Crippen LogP contribution in [0.1, 0.15) is 20.6 Å². The van der Waals surface area contributed by atoms with Crippen LogP contribution in [0.3, 0.4) is 0 Å². The summed E-state index contributed by atoms with van der Waals surface area (Å²) in [7, 11) is 0. The summed E-state index contributed by atoms with van der Waals surface area (Å²) in [4.78, 5) is 5.37. The van der Waals surface area contributed by atoms with Gasteiger partial charge in [0.05, 0.1) is 0 Å². The molecule has 1 atom stereocenters. The summed E-state index contributed by atoms with van der Waals surface area (Å²) in [6.07, 6.45) is 4.88. The van der Waals surface area contributed by atoms with Gasteiger partial charge in [0.1, 0.15) is 0 Å². The Labute approximate surface area is 120 Å². The summed E-state index contributed by atoms with van der Waals surface area (Å²) < 4.78 is 4.91. The molecule has 0 spiro atoms. The molecule has 0 N–H and O–H groups in total. The molecule has 0 bridgehead atoms. The molecule has 3 heterocycles. The Morgan fingerprint density at radius 2 is 1.88 bits per heavy atom. The first kappa shape index (κ1) is 12.1. The van der Waals surface area contributed by atoms with Gasteiger partial charge in [0.25, 0.3) is 0 Å². The molecular weight excluding hydrogens is 405 g/mol. The molecular formula is C14H12Se3. The predicted molar refractivity (Wildman–Crippen MR) is 77.0 cm³/mol. The Hall–Kier alpha value is -0.00156. The monoisotopic (exact) mass is 420 g/mol. The molecule has 86 valence electrons. The molecule has 3 rings (SSSR count). The molecule has 17 heavy (non-hydrogen) atoms. The SMILES string of the molecule is CC1=CC(c2ccc[se]2)[Se]C(c2ccc[se]2)=C1. The van der Waals surface area contributed by atoms with Crippen molar-refractivity contribution in [2.45, 2.75) is 11.7 Å². The Bertz CT molecular complexity index is 544. The van der Waals surface area contributed by atoms with Gasteiger partial charge in [-0.1, -0.05) is 0 Å². The number of hydrogen-bond donors (Lipinski definition) is 0. The predicted octanol–water partition coefficient (Wildman–Crippen LogP) is 2.55. The standard InChI is InChI=1S/C14H12Se3/c1-10-8-13(11-4-2-6-15-11)17-14(9-10)12-5-3-7-16-12/h2-9,13H,1H3. The summed E-state index contributed by atoms with van der Waals surface area (Å²) in [5.41, 5.74) is 1.45. The first-order valence-electron chi connectivity index (χ1n) is 5.47. The number of hydrogen-bond acceptors (Lipinski definition) is 0. The second kappa shape index (κ2) is 5.32. The normalized spacial score (nSPS) is 19.9. The van der Waals surface area contributed by atoms with Gasteiger partial charge in [-0.2, -0.15) is 0 Å². The van der Waals surface area contributed by atoms with Gasteiger partial charge in [-0.15, -0.1) is 0 Å². The van der Waals surface area contributed by atoms with Crippen molar-refractivity contribution in [2.75, 3.05) is 0 Å². The van der Waals surface area contributed by atoms with Crippen LogP contribution in [0.4, 0.5) is 0 Å². The summed E-state index contributed by atoms with van der Waals surface area (Å²) in [6.45, 7) is 2.24. The van der Waals surface area contributed by atoms with E-state index in [-0.39, 0.29) is 0 Å². The van der Waals surface area contributed by atoms with Crippen molar-refractivity contribution in [3.8, 4) is 0 Å². The first-order chi connectivity index (χ1) is 8.33. The van der Waals surface area contributed by atoms with Gasteiger partial charge in [-0.3, -0.25) is 0 Å². The average molecular weight is 417 g/mol. The summed E-state index contributed by atoms with van der Waals surface area (Å²) in [5, 5.41) is 0. The van der Waals surface area contributed by atoms with Gasteiger partial charge in [0, 0.05) is 0 Å². The second-order valence-electron chi connectivity index (χ2n) is 3.95. The first-order valence-corrected chi connectivity index (χ1v) is 11.0. The van der Waals surface area contributed by atoms with Crippen LogP contribution in [0.15, 0.2) is 51.9 Å². The molecule has 0 radical (unpaired) electrons. The van der Waals surface area contributed by atoms with Crippen LogP contribution in [0.25, 0.3) is 4.47 Å². The number of rotatable bonds is 2. The minimum absolute atomic E-state index is 0.587. The molecule has 0 amide bonds. The molecule has 0 saturated heterocycles. The second-order valence-corrected chi connectivity index (χ2v) is 10.5. The Kier molecular flexibility index (Phi) is 3.78. The molecule has 2 aromatic heterocycles. The maximum absolute atomic E-state index is 2.47. The Morgan fingerprint density at radius 3 is 2.59 bits per heavy atom. The van der Waals surface area contributed by atoms with Crippen molar-refractivity contribution in [3.63, 3.8) is 0 Å². The average Bonchev–Trinajstić information content (AvgIpc) is 3.02. The summed E-state index contributed by atoms with van der Waals surface area (Å²) in [5.74, 6) is 0. The molecule has 3 heteroatoms. The van der Waals surface area contributed by atoms with Crippen molar-refractivity contribution in [2.24, 2.45) is 0 Å². The van der Waals surface area contributed by atoms with E-state index in [4.69, 9.17) is 0 Å². The molecule has 0 aromatic carbocycles. The minimum atomic E-state index is 0.587. The van der Waals surface area contributed by atoms with Crippen molar-refractivity contribution >= 4 is 48.4 Å².